The molecule has 7 heteroatoms. The van der Waals surface area contributed by atoms with E-state index in [0.717, 1.165) is 17.7 Å². The average Bonchev–Trinajstić information content (AvgIpc) is 2.99. The maximum atomic E-state index is 11.6. The molecular formula is C16H21N3O2S2. The second-order valence-corrected chi connectivity index (χ2v) is 8.05. The van der Waals surface area contributed by atoms with E-state index in [9.17, 15) is 8.42 Å². The lowest BCUT2D eigenvalue weighted by Crippen LogP contribution is -2.36. The van der Waals surface area contributed by atoms with Gasteiger partial charge in [0.25, 0.3) is 0 Å². The van der Waals surface area contributed by atoms with E-state index in [1.807, 2.05) is 24.4 Å². The van der Waals surface area contributed by atoms with Crippen LogP contribution in [-0.4, -0.2) is 27.7 Å². The Bertz CT molecular complexity index is 782. The largest absolute Gasteiger partial charge is 0.352 e. The Hall–Kier alpha value is -1.86. The summed E-state index contributed by atoms with van der Waals surface area (Å²) in [7, 11) is -1.45. The Balaban J connectivity index is 1.95. The van der Waals surface area contributed by atoms with Crippen LogP contribution >= 0.6 is 11.3 Å². The number of aryl methyl sites for hydroxylation is 1. The SMILES string of the molecule is CN=C(NCc1ccsc1)NCc1ccc(S(C)(=O)=O)c(C)c1. The van der Waals surface area contributed by atoms with Gasteiger partial charge in [0, 0.05) is 26.4 Å². The number of thiophene rings is 1. The molecule has 0 spiro atoms. The van der Waals surface area contributed by atoms with Gasteiger partial charge in [-0.05, 0) is 46.5 Å². The van der Waals surface area contributed by atoms with E-state index < -0.39 is 9.84 Å². The summed E-state index contributed by atoms with van der Waals surface area (Å²) in [6.45, 7) is 3.10. The first-order valence-electron chi connectivity index (χ1n) is 7.15. The highest BCUT2D eigenvalue weighted by Crippen LogP contribution is 2.16. The number of nitrogens with one attached hydrogen (secondary N) is 2. The first-order chi connectivity index (χ1) is 10.9. The van der Waals surface area contributed by atoms with Crippen molar-refractivity contribution in [2.45, 2.75) is 24.9 Å². The van der Waals surface area contributed by atoms with Crippen LogP contribution in [-0.2, 0) is 22.9 Å². The molecule has 124 valence electrons. The first-order valence-corrected chi connectivity index (χ1v) is 9.99. The molecule has 0 aliphatic carbocycles. The van der Waals surface area contributed by atoms with Gasteiger partial charge in [-0.1, -0.05) is 12.1 Å². The molecule has 0 saturated heterocycles. The van der Waals surface area contributed by atoms with Crippen molar-refractivity contribution in [1.82, 2.24) is 10.6 Å². The van der Waals surface area contributed by atoms with Gasteiger partial charge in [-0.2, -0.15) is 11.3 Å². The smallest absolute Gasteiger partial charge is 0.191 e. The van der Waals surface area contributed by atoms with Crippen molar-refractivity contribution in [1.29, 1.82) is 0 Å². The molecule has 2 aromatic rings. The number of sulfone groups is 1. The molecular weight excluding hydrogens is 330 g/mol. The van der Waals surface area contributed by atoms with E-state index in [1.165, 1.54) is 11.8 Å². The Morgan fingerprint density at radius 3 is 2.39 bits per heavy atom. The highest BCUT2D eigenvalue weighted by Gasteiger charge is 2.10. The lowest BCUT2D eigenvalue weighted by atomic mass is 10.1. The van der Waals surface area contributed by atoms with Crippen LogP contribution in [0.2, 0.25) is 0 Å². The fourth-order valence-corrected chi connectivity index (χ4v) is 3.85. The lowest BCUT2D eigenvalue weighted by molar-refractivity contribution is 0.601. The number of hydrogen-bond acceptors (Lipinski definition) is 4. The summed E-state index contributed by atoms with van der Waals surface area (Å²) in [5, 5.41) is 10.6. The Morgan fingerprint density at radius 2 is 1.87 bits per heavy atom. The van der Waals surface area contributed by atoms with Gasteiger partial charge in [0.05, 0.1) is 4.90 Å². The molecule has 0 aliphatic rings. The lowest BCUT2D eigenvalue weighted by Gasteiger charge is -2.12. The van der Waals surface area contributed by atoms with Crippen molar-refractivity contribution in [2.75, 3.05) is 13.3 Å². The molecule has 23 heavy (non-hydrogen) atoms. The number of nitrogens with zero attached hydrogens (tertiary/aromatic N) is 1. The van der Waals surface area contributed by atoms with Crippen LogP contribution in [0.3, 0.4) is 0 Å². The summed E-state index contributed by atoms with van der Waals surface area (Å²) in [6.07, 6.45) is 1.23. The van der Waals surface area contributed by atoms with Crippen LogP contribution < -0.4 is 10.6 Å². The predicted octanol–water partition coefficient (Wildman–Crippen LogP) is 2.33. The molecule has 0 bridgehead atoms. The van der Waals surface area contributed by atoms with Crippen molar-refractivity contribution < 1.29 is 8.42 Å². The van der Waals surface area contributed by atoms with E-state index in [4.69, 9.17) is 0 Å². The topological polar surface area (TPSA) is 70.6 Å². The Labute approximate surface area is 141 Å². The summed E-state index contributed by atoms with van der Waals surface area (Å²) < 4.78 is 23.3. The van der Waals surface area contributed by atoms with Crippen LogP contribution in [0, 0.1) is 6.92 Å². The van der Waals surface area contributed by atoms with E-state index >= 15 is 0 Å². The molecule has 2 N–H and O–H groups in total. The van der Waals surface area contributed by atoms with Gasteiger partial charge in [-0.25, -0.2) is 8.42 Å². The molecule has 1 heterocycles. The zero-order valence-electron chi connectivity index (χ0n) is 13.5. The number of guanidine groups is 1. The zero-order valence-corrected chi connectivity index (χ0v) is 15.1. The molecule has 0 unspecified atom stereocenters. The minimum atomic E-state index is -3.18. The van der Waals surface area contributed by atoms with Crippen molar-refractivity contribution in [3.8, 4) is 0 Å². The highest BCUT2D eigenvalue weighted by atomic mass is 32.2. The van der Waals surface area contributed by atoms with Crippen molar-refractivity contribution in [3.63, 3.8) is 0 Å². The molecule has 0 atom stereocenters. The maximum absolute atomic E-state index is 11.6. The van der Waals surface area contributed by atoms with E-state index in [2.05, 4.69) is 27.1 Å². The van der Waals surface area contributed by atoms with Gasteiger partial charge in [-0.15, -0.1) is 0 Å². The predicted molar refractivity (Wildman–Crippen MR) is 95.6 cm³/mol. The van der Waals surface area contributed by atoms with Crippen LogP contribution in [0.5, 0.6) is 0 Å². The van der Waals surface area contributed by atoms with Crippen molar-refractivity contribution in [2.24, 2.45) is 4.99 Å². The van der Waals surface area contributed by atoms with Crippen molar-refractivity contribution >= 4 is 27.1 Å². The van der Waals surface area contributed by atoms with E-state index in [1.54, 1.807) is 24.5 Å². The van der Waals surface area contributed by atoms with Crippen LogP contribution in [0.15, 0.2) is 44.9 Å². The summed E-state index contributed by atoms with van der Waals surface area (Å²) in [6, 6.07) is 7.43. The summed E-state index contributed by atoms with van der Waals surface area (Å²) >= 11 is 1.66. The van der Waals surface area contributed by atoms with Gasteiger partial charge in [0.15, 0.2) is 15.8 Å². The molecule has 0 fully saturated rings. The fourth-order valence-electron chi connectivity index (χ4n) is 2.22. The maximum Gasteiger partial charge on any atom is 0.191 e. The molecule has 0 amide bonds. The fraction of sp³-hybridized carbons (Fsp3) is 0.312. The third-order valence-corrected chi connectivity index (χ3v) is 5.35. The van der Waals surface area contributed by atoms with Gasteiger partial charge < -0.3 is 10.6 Å². The Kier molecular flexibility index (Phi) is 5.79. The molecule has 0 saturated carbocycles. The quantitative estimate of drug-likeness (QED) is 0.641. The monoisotopic (exact) mass is 351 g/mol. The molecule has 1 aromatic heterocycles. The van der Waals surface area contributed by atoms with E-state index in [-0.39, 0.29) is 0 Å². The van der Waals surface area contributed by atoms with E-state index in [0.29, 0.717) is 17.4 Å². The third-order valence-electron chi connectivity index (χ3n) is 3.36. The number of benzene rings is 1. The highest BCUT2D eigenvalue weighted by molar-refractivity contribution is 7.90. The summed E-state index contributed by atoms with van der Waals surface area (Å²) in [5.74, 6) is 0.709. The molecule has 0 aliphatic heterocycles. The molecule has 5 nitrogen and oxygen atoms in total. The van der Waals surface area contributed by atoms with Crippen LogP contribution in [0.4, 0.5) is 0 Å². The van der Waals surface area contributed by atoms with Gasteiger partial charge in [0.2, 0.25) is 0 Å². The minimum Gasteiger partial charge on any atom is -0.352 e. The number of rotatable bonds is 5. The average molecular weight is 351 g/mol. The number of hydrogen-bond donors (Lipinski definition) is 2. The minimum absolute atomic E-state index is 0.376. The molecule has 0 radical (unpaired) electrons. The summed E-state index contributed by atoms with van der Waals surface area (Å²) in [5.41, 5.74) is 2.98. The van der Waals surface area contributed by atoms with Crippen LogP contribution in [0.25, 0.3) is 0 Å². The molecule has 2 rings (SSSR count). The Morgan fingerprint density at radius 1 is 1.17 bits per heavy atom. The second kappa shape index (κ2) is 7.61. The van der Waals surface area contributed by atoms with Gasteiger partial charge >= 0.3 is 0 Å². The summed E-state index contributed by atoms with van der Waals surface area (Å²) in [4.78, 5) is 4.56. The third kappa shape index (κ3) is 5.07. The second-order valence-electron chi connectivity index (χ2n) is 5.28. The number of aliphatic imine (C=N–C) groups is 1. The normalized spacial score (nSPS) is 12.2. The van der Waals surface area contributed by atoms with Crippen LogP contribution in [0.1, 0.15) is 16.7 Å². The zero-order chi connectivity index (χ0) is 16.9. The van der Waals surface area contributed by atoms with Gasteiger partial charge in [0.1, 0.15) is 0 Å². The molecule has 1 aromatic carbocycles. The standard InChI is InChI=1S/C16H21N3O2S2/c1-12-8-13(4-5-15(12)23(3,20)21)9-18-16(17-2)19-10-14-6-7-22-11-14/h4-8,11H,9-10H2,1-3H3,(H2,17,18,19). The first kappa shape index (κ1) is 17.5. The van der Waals surface area contributed by atoms with Crippen molar-refractivity contribution in [3.05, 3.63) is 51.7 Å². The van der Waals surface area contributed by atoms with Gasteiger partial charge in [-0.3, -0.25) is 4.99 Å².